The molecular weight excluding hydrogens is 284 g/mol. The van der Waals surface area contributed by atoms with E-state index in [0.29, 0.717) is 6.10 Å². The van der Waals surface area contributed by atoms with Crippen LogP contribution in [-0.4, -0.2) is 41.7 Å². The number of hydrogen-bond acceptors (Lipinski definition) is 5. The SMILES string of the molecule is CCNCc1c(N(CC)CC2CCCO2)nc2sccn12. The second kappa shape index (κ2) is 6.77. The van der Waals surface area contributed by atoms with Crippen molar-refractivity contribution in [3.05, 3.63) is 17.3 Å². The van der Waals surface area contributed by atoms with Gasteiger partial charge in [-0.05, 0) is 26.3 Å². The van der Waals surface area contributed by atoms with E-state index in [2.05, 4.69) is 40.0 Å². The Kier molecular flexibility index (Phi) is 4.77. The summed E-state index contributed by atoms with van der Waals surface area (Å²) in [6, 6.07) is 0. The van der Waals surface area contributed by atoms with Crippen molar-refractivity contribution in [3.8, 4) is 0 Å². The number of fused-ring (bicyclic) bond motifs is 1. The van der Waals surface area contributed by atoms with Crippen molar-refractivity contribution in [2.24, 2.45) is 0 Å². The number of nitrogens with zero attached hydrogens (tertiary/aromatic N) is 3. The van der Waals surface area contributed by atoms with Crippen molar-refractivity contribution in [2.45, 2.75) is 39.3 Å². The Bertz CT molecular complexity index is 573. The molecule has 5 nitrogen and oxygen atoms in total. The number of rotatable bonds is 7. The van der Waals surface area contributed by atoms with Crippen LogP contribution < -0.4 is 10.2 Å². The highest BCUT2D eigenvalue weighted by atomic mass is 32.1. The van der Waals surface area contributed by atoms with Crippen LogP contribution in [-0.2, 0) is 11.3 Å². The molecule has 1 N–H and O–H groups in total. The van der Waals surface area contributed by atoms with E-state index in [0.717, 1.165) is 43.6 Å². The van der Waals surface area contributed by atoms with Gasteiger partial charge in [-0.25, -0.2) is 4.98 Å². The van der Waals surface area contributed by atoms with Gasteiger partial charge in [-0.1, -0.05) is 6.92 Å². The van der Waals surface area contributed by atoms with E-state index in [9.17, 15) is 0 Å². The number of imidazole rings is 1. The van der Waals surface area contributed by atoms with Crippen molar-refractivity contribution in [1.82, 2.24) is 14.7 Å². The van der Waals surface area contributed by atoms with Crippen LogP contribution in [0.15, 0.2) is 11.6 Å². The third-order valence-electron chi connectivity index (χ3n) is 4.01. The van der Waals surface area contributed by atoms with Gasteiger partial charge in [0.25, 0.3) is 0 Å². The molecule has 3 rings (SSSR count). The first-order valence-electron chi connectivity index (χ1n) is 7.85. The Morgan fingerprint density at radius 1 is 1.52 bits per heavy atom. The van der Waals surface area contributed by atoms with E-state index < -0.39 is 0 Å². The average molecular weight is 308 g/mol. The van der Waals surface area contributed by atoms with Crippen LogP contribution in [0, 0.1) is 0 Å². The molecule has 1 saturated heterocycles. The zero-order valence-corrected chi connectivity index (χ0v) is 13.7. The number of thiazole rings is 1. The number of aromatic nitrogens is 2. The van der Waals surface area contributed by atoms with E-state index in [1.807, 2.05) is 0 Å². The Morgan fingerprint density at radius 3 is 3.14 bits per heavy atom. The maximum atomic E-state index is 5.79. The zero-order chi connectivity index (χ0) is 14.7. The summed E-state index contributed by atoms with van der Waals surface area (Å²) in [7, 11) is 0. The lowest BCUT2D eigenvalue weighted by Gasteiger charge is -2.25. The van der Waals surface area contributed by atoms with Crippen molar-refractivity contribution >= 4 is 22.1 Å². The molecule has 0 radical (unpaired) electrons. The predicted molar refractivity (Wildman–Crippen MR) is 87.3 cm³/mol. The molecule has 0 bridgehead atoms. The summed E-state index contributed by atoms with van der Waals surface area (Å²) in [6.07, 6.45) is 4.83. The van der Waals surface area contributed by atoms with Crippen molar-refractivity contribution in [1.29, 1.82) is 0 Å². The second-order valence-corrected chi connectivity index (χ2v) is 6.26. The van der Waals surface area contributed by atoms with Crippen molar-refractivity contribution in [2.75, 3.05) is 31.1 Å². The second-order valence-electron chi connectivity index (χ2n) is 5.39. The first-order valence-corrected chi connectivity index (χ1v) is 8.73. The highest BCUT2D eigenvalue weighted by molar-refractivity contribution is 7.15. The van der Waals surface area contributed by atoms with Crippen LogP contribution >= 0.6 is 11.3 Å². The number of anilines is 1. The van der Waals surface area contributed by atoms with Crippen molar-refractivity contribution in [3.63, 3.8) is 0 Å². The number of likely N-dealkylation sites (N-methyl/N-ethyl adjacent to an activating group) is 1. The van der Waals surface area contributed by atoms with Gasteiger partial charge >= 0.3 is 0 Å². The highest BCUT2D eigenvalue weighted by Crippen LogP contribution is 2.26. The molecule has 2 aromatic heterocycles. The number of ether oxygens (including phenoxy) is 1. The minimum absolute atomic E-state index is 0.358. The minimum Gasteiger partial charge on any atom is -0.376 e. The average Bonchev–Trinajstić information content (AvgIpc) is 3.20. The highest BCUT2D eigenvalue weighted by Gasteiger charge is 2.23. The number of nitrogens with one attached hydrogen (secondary N) is 1. The summed E-state index contributed by atoms with van der Waals surface area (Å²) >= 11 is 1.69. The lowest BCUT2D eigenvalue weighted by atomic mass is 10.2. The van der Waals surface area contributed by atoms with E-state index in [1.165, 1.54) is 18.5 Å². The zero-order valence-electron chi connectivity index (χ0n) is 12.8. The lowest BCUT2D eigenvalue weighted by molar-refractivity contribution is 0.115. The summed E-state index contributed by atoms with van der Waals surface area (Å²) in [4.78, 5) is 8.29. The number of hydrogen-bond donors (Lipinski definition) is 1. The van der Waals surface area contributed by atoms with Crippen molar-refractivity contribution < 1.29 is 4.74 Å². The smallest absolute Gasteiger partial charge is 0.195 e. The van der Waals surface area contributed by atoms with Gasteiger partial charge in [-0.2, -0.15) is 0 Å². The summed E-state index contributed by atoms with van der Waals surface area (Å²) in [6.45, 7) is 8.96. The fourth-order valence-electron chi connectivity index (χ4n) is 2.88. The predicted octanol–water partition coefficient (Wildman–Crippen LogP) is 2.51. The van der Waals surface area contributed by atoms with E-state index in [4.69, 9.17) is 9.72 Å². The van der Waals surface area contributed by atoms with Gasteiger partial charge < -0.3 is 15.0 Å². The van der Waals surface area contributed by atoms with Crippen LogP contribution in [0.1, 0.15) is 32.4 Å². The van der Waals surface area contributed by atoms with Gasteiger partial charge in [0.05, 0.1) is 11.8 Å². The monoisotopic (exact) mass is 308 g/mol. The largest absolute Gasteiger partial charge is 0.376 e. The topological polar surface area (TPSA) is 41.8 Å². The van der Waals surface area contributed by atoms with Crippen LogP contribution in [0.2, 0.25) is 0 Å². The Hall–Kier alpha value is -1.11. The molecule has 0 aliphatic carbocycles. The fourth-order valence-corrected chi connectivity index (χ4v) is 3.61. The molecular formula is C15H24N4OS. The third-order valence-corrected chi connectivity index (χ3v) is 4.77. The van der Waals surface area contributed by atoms with Crippen LogP contribution in [0.5, 0.6) is 0 Å². The standard InChI is InChI=1S/C15H24N4OS/c1-3-16-10-13-14(17-15-19(13)7-9-21-15)18(4-2)11-12-6-5-8-20-12/h7,9,12,16H,3-6,8,10-11H2,1-2H3. The van der Waals surface area contributed by atoms with Gasteiger partial charge in [-0.15, -0.1) is 11.3 Å². The molecule has 3 heterocycles. The molecule has 1 aliphatic heterocycles. The Balaban J connectivity index is 1.86. The Labute approximate surface area is 129 Å². The molecule has 2 aromatic rings. The molecule has 0 spiro atoms. The lowest BCUT2D eigenvalue weighted by Crippen LogP contribution is -2.33. The van der Waals surface area contributed by atoms with Gasteiger partial charge in [0.1, 0.15) is 0 Å². The molecule has 116 valence electrons. The van der Waals surface area contributed by atoms with Crippen LogP contribution in [0.25, 0.3) is 4.96 Å². The Morgan fingerprint density at radius 2 is 2.43 bits per heavy atom. The molecule has 1 unspecified atom stereocenters. The quantitative estimate of drug-likeness (QED) is 0.853. The molecule has 0 amide bonds. The molecule has 21 heavy (non-hydrogen) atoms. The van der Waals surface area contributed by atoms with E-state index >= 15 is 0 Å². The minimum atomic E-state index is 0.358. The summed E-state index contributed by atoms with van der Waals surface area (Å²) in [5, 5.41) is 5.53. The van der Waals surface area contributed by atoms with E-state index in [1.54, 1.807) is 11.3 Å². The third kappa shape index (κ3) is 3.07. The molecule has 0 saturated carbocycles. The molecule has 1 atom stereocenters. The summed E-state index contributed by atoms with van der Waals surface area (Å²) in [5.41, 5.74) is 1.26. The molecule has 0 aromatic carbocycles. The van der Waals surface area contributed by atoms with Gasteiger partial charge in [-0.3, -0.25) is 4.40 Å². The first kappa shape index (κ1) is 14.8. The normalized spacial score (nSPS) is 18.7. The van der Waals surface area contributed by atoms with E-state index in [-0.39, 0.29) is 0 Å². The fraction of sp³-hybridized carbons (Fsp3) is 0.667. The van der Waals surface area contributed by atoms with Gasteiger partial charge in [0.2, 0.25) is 0 Å². The maximum Gasteiger partial charge on any atom is 0.195 e. The van der Waals surface area contributed by atoms with Crippen LogP contribution in [0.4, 0.5) is 5.82 Å². The van der Waals surface area contributed by atoms with Gasteiger partial charge in [0, 0.05) is 37.8 Å². The maximum absolute atomic E-state index is 5.79. The molecule has 1 fully saturated rings. The van der Waals surface area contributed by atoms with Gasteiger partial charge in [0.15, 0.2) is 10.8 Å². The summed E-state index contributed by atoms with van der Waals surface area (Å²) < 4.78 is 8.00. The molecule has 6 heteroatoms. The van der Waals surface area contributed by atoms with Crippen LogP contribution in [0.3, 0.4) is 0 Å². The summed E-state index contributed by atoms with van der Waals surface area (Å²) in [5.74, 6) is 1.11. The molecule has 1 aliphatic rings. The first-order chi connectivity index (χ1) is 10.3.